The largest absolute Gasteiger partial charge is 0.491 e. The molecule has 0 spiro atoms. The molecule has 1 aromatic carbocycles. The SMILES string of the molecule is COC(=O)C(C)(C)COc1ccc(Br)cc1Cl. The lowest BCUT2D eigenvalue weighted by Crippen LogP contribution is -2.32. The van der Waals surface area contributed by atoms with E-state index in [1.807, 2.05) is 6.07 Å². The summed E-state index contributed by atoms with van der Waals surface area (Å²) < 4.78 is 11.1. The Morgan fingerprint density at radius 3 is 2.65 bits per heavy atom. The van der Waals surface area contributed by atoms with Gasteiger partial charge in [-0.15, -0.1) is 0 Å². The third-order valence-electron chi connectivity index (χ3n) is 2.22. The minimum atomic E-state index is -0.703. The Morgan fingerprint density at radius 1 is 1.47 bits per heavy atom. The molecule has 0 amide bonds. The molecule has 0 aliphatic heterocycles. The summed E-state index contributed by atoms with van der Waals surface area (Å²) in [5, 5.41) is 0.500. The van der Waals surface area contributed by atoms with Crippen molar-refractivity contribution in [3.05, 3.63) is 27.7 Å². The Hall–Kier alpha value is -0.740. The van der Waals surface area contributed by atoms with E-state index in [1.54, 1.807) is 26.0 Å². The zero-order valence-electron chi connectivity index (χ0n) is 9.92. The Labute approximate surface area is 114 Å². The third-order valence-corrected chi connectivity index (χ3v) is 3.01. The molecule has 5 heteroatoms. The molecule has 0 saturated heterocycles. The van der Waals surface area contributed by atoms with E-state index >= 15 is 0 Å². The number of esters is 1. The molecule has 0 radical (unpaired) electrons. The van der Waals surface area contributed by atoms with E-state index in [0.717, 1.165) is 4.47 Å². The Morgan fingerprint density at radius 2 is 2.12 bits per heavy atom. The molecule has 0 heterocycles. The lowest BCUT2D eigenvalue weighted by molar-refractivity contribution is -0.152. The van der Waals surface area contributed by atoms with Crippen molar-refractivity contribution in [2.24, 2.45) is 5.41 Å². The topological polar surface area (TPSA) is 35.5 Å². The monoisotopic (exact) mass is 320 g/mol. The number of hydrogen-bond donors (Lipinski definition) is 0. The second kappa shape index (κ2) is 5.74. The van der Waals surface area contributed by atoms with Gasteiger partial charge in [0.1, 0.15) is 12.4 Å². The number of hydrogen-bond acceptors (Lipinski definition) is 3. The lowest BCUT2D eigenvalue weighted by atomic mass is 9.95. The van der Waals surface area contributed by atoms with Gasteiger partial charge in [0, 0.05) is 4.47 Å². The molecule has 3 nitrogen and oxygen atoms in total. The van der Waals surface area contributed by atoms with Crippen LogP contribution in [-0.2, 0) is 9.53 Å². The van der Waals surface area contributed by atoms with Gasteiger partial charge in [-0.25, -0.2) is 0 Å². The lowest BCUT2D eigenvalue weighted by Gasteiger charge is -2.22. The van der Waals surface area contributed by atoms with Crippen LogP contribution in [0.2, 0.25) is 5.02 Å². The molecule has 0 aliphatic rings. The fourth-order valence-electron chi connectivity index (χ4n) is 1.19. The number of methoxy groups -OCH3 is 1. The first-order valence-electron chi connectivity index (χ1n) is 5.03. The van der Waals surface area contributed by atoms with E-state index in [0.29, 0.717) is 10.8 Å². The minimum Gasteiger partial charge on any atom is -0.491 e. The van der Waals surface area contributed by atoms with Gasteiger partial charge >= 0.3 is 5.97 Å². The highest BCUT2D eigenvalue weighted by Crippen LogP contribution is 2.29. The molecule has 17 heavy (non-hydrogen) atoms. The fourth-order valence-corrected chi connectivity index (χ4v) is 1.91. The molecule has 0 atom stereocenters. The smallest absolute Gasteiger partial charge is 0.314 e. The van der Waals surface area contributed by atoms with Gasteiger partial charge in [0.25, 0.3) is 0 Å². The first kappa shape index (κ1) is 14.3. The first-order valence-corrected chi connectivity index (χ1v) is 6.20. The summed E-state index contributed by atoms with van der Waals surface area (Å²) in [6.07, 6.45) is 0. The summed E-state index contributed by atoms with van der Waals surface area (Å²) in [5.41, 5.74) is -0.703. The van der Waals surface area contributed by atoms with Gasteiger partial charge in [-0.2, -0.15) is 0 Å². The zero-order chi connectivity index (χ0) is 13.1. The summed E-state index contributed by atoms with van der Waals surface area (Å²) in [6, 6.07) is 5.31. The quantitative estimate of drug-likeness (QED) is 0.794. The first-order chi connectivity index (χ1) is 7.86. The number of rotatable bonds is 4. The van der Waals surface area contributed by atoms with Crippen molar-refractivity contribution in [2.45, 2.75) is 13.8 Å². The van der Waals surface area contributed by atoms with Crippen molar-refractivity contribution in [2.75, 3.05) is 13.7 Å². The molecule has 94 valence electrons. The van der Waals surface area contributed by atoms with Gasteiger partial charge < -0.3 is 9.47 Å². The average molecular weight is 322 g/mol. The van der Waals surface area contributed by atoms with E-state index in [1.165, 1.54) is 7.11 Å². The predicted molar refractivity (Wildman–Crippen MR) is 70.4 cm³/mol. The molecule has 1 aromatic rings. The van der Waals surface area contributed by atoms with Crippen molar-refractivity contribution in [3.63, 3.8) is 0 Å². The van der Waals surface area contributed by atoms with E-state index in [2.05, 4.69) is 15.9 Å². The molecular weight excluding hydrogens is 307 g/mol. The molecule has 0 N–H and O–H groups in total. The molecule has 0 saturated carbocycles. The standard InChI is InChI=1S/C12H14BrClO3/c1-12(2,11(15)16-3)7-17-10-5-4-8(13)6-9(10)14/h4-6H,7H2,1-3H3. The molecule has 1 rings (SSSR count). The van der Waals surface area contributed by atoms with Crippen LogP contribution in [0, 0.1) is 5.41 Å². The Bertz CT molecular complexity index is 418. The maximum atomic E-state index is 11.5. The van der Waals surface area contributed by atoms with Crippen molar-refractivity contribution in [3.8, 4) is 5.75 Å². The van der Waals surface area contributed by atoms with Crippen LogP contribution < -0.4 is 4.74 Å². The van der Waals surface area contributed by atoms with Crippen molar-refractivity contribution in [1.29, 1.82) is 0 Å². The average Bonchev–Trinajstić information content (AvgIpc) is 2.26. The number of carbonyl (C=O) groups excluding carboxylic acids is 1. The molecule has 0 aromatic heterocycles. The predicted octanol–water partition coefficient (Wildman–Crippen LogP) is 3.68. The Balaban J connectivity index is 2.70. The maximum absolute atomic E-state index is 11.5. The molecular formula is C12H14BrClO3. The van der Waals surface area contributed by atoms with Crippen LogP contribution in [-0.4, -0.2) is 19.7 Å². The molecule has 0 bridgehead atoms. The van der Waals surface area contributed by atoms with Gasteiger partial charge in [0.15, 0.2) is 0 Å². The van der Waals surface area contributed by atoms with E-state index in [9.17, 15) is 4.79 Å². The van der Waals surface area contributed by atoms with Crippen LogP contribution in [0.5, 0.6) is 5.75 Å². The summed E-state index contributed by atoms with van der Waals surface area (Å²) >= 11 is 9.31. The van der Waals surface area contributed by atoms with Crippen molar-refractivity contribution in [1.82, 2.24) is 0 Å². The summed E-state index contributed by atoms with van der Waals surface area (Å²) in [6.45, 7) is 3.72. The Kier molecular flexibility index (Phi) is 4.83. The summed E-state index contributed by atoms with van der Waals surface area (Å²) in [4.78, 5) is 11.5. The van der Waals surface area contributed by atoms with Crippen LogP contribution in [0.3, 0.4) is 0 Å². The van der Waals surface area contributed by atoms with Crippen molar-refractivity contribution < 1.29 is 14.3 Å². The summed E-state index contributed by atoms with van der Waals surface area (Å²) in [7, 11) is 1.36. The highest BCUT2D eigenvalue weighted by molar-refractivity contribution is 9.10. The number of carbonyl (C=O) groups is 1. The molecule has 0 fully saturated rings. The second-order valence-corrected chi connectivity index (χ2v) is 5.56. The fraction of sp³-hybridized carbons (Fsp3) is 0.417. The maximum Gasteiger partial charge on any atom is 0.314 e. The molecule has 0 unspecified atom stereocenters. The van der Waals surface area contributed by atoms with Crippen molar-refractivity contribution >= 4 is 33.5 Å². The van der Waals surface area contributed by atoms with Gasteiger partial charge in [-0.3, -0.25) is 4.79 Å². The van der Waals surface area contributed by atoms with E-state index < -0.39 is 5.41 Å². The van der Waals surface area contributed by atoms with Crippen LogP contribution in [0.15, 0.2) is 22.7 Å². The molecule has 0 aliphatic carbocycles. The second-order valence-electron chi connectivity index (χ2n) is 4.24. The van der Waals surface area contributed by atoms with Crippen LogP contribution in [0.1, 0.15) is 13.8 Å². The minimum absolute atomic E-state index is 0.209. The summed E-state index contributed by atoms with van der Waals surface area (Å²) in [5.74, 6) is 0.234. The number of benzene rings is 1. The highest BCUT2D eigenvalue weighted by Gasteiger charge is 2.29. The van der Waals surface area contributed by atoms with Crippen LogP contribution in [0.25, 0.3) is 0 Å². The van der Waals surface area contributed by atoms with Gasteiger partial charge in [-0.1, -0.05) is 27.5 Å². The third kappa shape index (κ3) is 3.89. The zero-order valence-corrected chi connectivity index (χ0v) is 12.3. The van der Waals surface area contributed by atoms with Gasteiger partial charge in [0.2, 0.25) is 0 Å². The van der Waals surface area contributed by atoms with Gasteiger partial charge in [-0.05, 0) is 32.0 Å². The van der Waals surface area contributed by atoms with Crippen LogP contribution in [0.4, 0.5) is 0 Å². The van der Waals surface area contributed by atoms with Gasteiger partial charge in [0.05, 0.1) is 17.5 Å². The van der Waals surface area contributed by atoms with Crippen LogP contribution >= 0.6 is 27.5 Å². The number of halogens is 2. The van der Waals surface area contributed by atoms with E-state index in [-0.39, 0.29) is 12.6 Å². The highest BCUT2D eigenvalue weighted by atomic mass is 79.9. The number of ether oxygens (including phenoxy) is 2. The normalized spacial score (nSPS) is 11.1. The van der Waals surface area contributed by atoms with E-state index in [4.69, 9.17) is 21.1 Å².